The number of hydrogen-bond acceptors (Lipinski definition) is 7. The third kappa shape index (κ3) is 6.76. The molecule has 0 spiro atoms. The number of aromatic nitrogens is 2. The molecule has 1 aromatic heterocycles. The monoisotopic (exact) mass is 567 g/mol. The van der Waals surface area contributed by atoms with Gasteiger partial charge in [0.2, 0.25) is 0 Å². The number of aromatic carboxylic acids is 1. The summed E-state index contributed by atoms with van der Waals surface area (Å²) in [5.74, 6) is -2.14. The Labute approximate surface area is 237 Å². The van der Waals surface area contributed by atoms with Gasteiger partial charge in [0.1, 0.15) is 17.2 Å². The van der Waals surface area contributed by atoms with Crippen LogP contribution in [0.1, 0.15) is 71.6 Å². The van der Waals surface area contributed by atoms with Gasteiger partial charge in [0, 0.05) is 25.6 Å². The number of likely N-dealkylation sites (tertiary alicyclic amines) is 1. The lowest BCUT2D eigenvalue weighted by atomic mass is 9.92. The van der Waals surface area contributed by atoms with Gasteiger partial charge in [-0.2, -0.15) is 5.10 Å². The summed E-state index contributed by atoms with van der Waals surface area (Å²) in [6, 6.07) is 10.5. The lowest BCUT2D eigenvalue weighted by Crippen LogP contribution is -2.41. The molecule has 2 heterocycles. The lowest BCUT2D eigenvalue weighted by Gasteiger charge is -2.33. The largest absolute Gasteiger partial charge is 0.496 e. The number of nitrogens with one attached hydrogen (secondary N) is 1. The van der Waals surface area contributed by atoms with Crippen molar-refractivity contribution in [1.82, 2.24) is 20.0 Å². The van der Waals surface area contributed by atoms with Gasteiger partial charge in [-0.15, -0.1) is 0 Å². The first-order valence-electron chi connectivity index (χ1n) is 13.2. The quantitative estimate of drug-likeness (QED) is 0.382. The number of amides is 2. The molecule has 41 heavy (non-hydrogen) atoms. The van der Waals surface area contributed by atoms with Gasteiger partial charge in [-0.05, 0) is 69.5 Å². The Hall–Kier alpha value is -4.61. The van der Waals surface area contributed by atoms with Gasteiger partial charge < -0.3 is 30.5 Å². The maximum atomic E-state index is 13.6. The lowest BCUT2D eigenvalue weighted by molar-refractivity contribution is 0.0204. The summed E-state index contributed by atoms with van der Waals surface area (Å²) in [6.07, 6.45) is 0.745. The summed E-state index contributed by atoms with van der Waals surface area (Å²) in [4.78, 5) is 38.8. The van der Waals surface area contributed by atoms with Crippen molar-refractivity contribution in [1.29, 1.82) is 0 Å². The van der Waals surface area contributed by atoms with Gasteiger partial charge in [-0.1, -0.05) is 12.1 Å². The smallest absolute Gasteiger partial charge is 0.410 e. The molecule has 3 aromatic rings. The molecule has 1 fully saturated rings. The van der Waals surface area contributed by atoms with E-state index in [4.69, 9.17) is 15.2 Å². The maximum absolute atomic E-state index is 13.6. The zero-order chi connectivity index (χ0) is 29.9. The molecule has 2 amide bonds. The fourth-order valence-electron chi connectivity index (χ4n) is 4.69. The molecule has 0 unspecified atom stereocenters. The van der Waals surface area contributed by atoms with Crippen LogP contribution < -0.4 is 15.8 Å². The molecule has 0 aliphatic carbocycles. The van der Waals surface area contributed by atoms with Crippen LogP contribution in [0.4, 0.5) is 14.9 Å². The molecule has 0 atom stereocenters. The number of benzene rings is 2. The van der Waals surface area contributed by atoms with E-state index in [9.17, 15) is 23.9 Å². The van der Waals surface area contributed by atoms with Crippen molar-refractivity contribution >= 4 is 23.7 Å². The van der Waals surface area contributed by atoms with Crippen molar-refractivity contribution < 1.29 is 33.4 Å². The fraction of sp³-hybridized carbons (Fsp3) is 0.379. The van der Waals surface area contributed by atoms with Crippen LogP contribution in [0.3, 0.4) is 0 Å². The molecular weight excluding hydrogens is 533 g/mol. The summed E-state index contributed by atoms with van der Waals surface area (Å²) >= 11 is 0. The van der Waals surface area contributed by atoms with Crippen LogP contribution in [-0.2, 0) is 11.3 Å². The van der Waals surface area contributed by atoms with Gasteiger partial charge in [0.05, 0.1) is 29.7 Å². The predicted octanol–water partition coefficient (Wildman–Crippen LogP) is 4.34. The highest BCUT2D eigenvalue weighted by Crippen LogP contribution is 2.34. The zero-order valence-corrected chi connectivity index (χ0v) is 23.4. The minimum Gasteiger partial charge on any atom is -0.496 e. The van der Waals surface area contributed by atoms with Crippen molar-refractivity contribution in [2.75, 3.05) is 25.9 Å². The highest BCUT2D eigenvalue weighted by molar-refractivity contribution is 5.97. The molecule has 0 radical (unpaired) electrons. The topological polar surface area (TPSA) is 149 Å². The number of hydrogen-bond donors (Lipinski definition) is 3. The number of carboxylic acids is 1. The average Bonchev–Trinajstić information content (AvgIpc) is 3.28. The second kappa shape index (κ2) is 11.9. The highest BCUT2D eigenvalue weighted by Gasteiger charge is 2.32. The number of piperidine rings is 1. The molecule has 4 rings (SSSR count). The van der Waals surface area contributed by atoms with E-state index in [1.165, 1.54) is 23.9 Å². The number of carbonyl (C=O) groups is 3. The van der Waals surface area contributed by atoms with Crippen molar-refractivity contribution in [3.63, 3.8) is 0 Å². The van der Waals surface area contributed by atoms with E-state index in [0.717, 1.165) is 11.6 Å². The third-order valence-electron chi connectivity index (χ3n) is 6.73. The van der Waals surface area contributed by atoms with Gasteiger partial charge in [-0.25, -0.2) is 18.7 Å². The molecule has 218 valence electrons. The van der Waals surface area contributed by atoms with Crippen LogP contribution >= 0.6 is 0 Å². The molecule has 4 N–H and O–H groups in total. The van der Waals surface area contributed by atoms with Gasteiger partial charge in [0.15, 0.2) is 5.69 Å². The van der Waals surface area contributed by atoms with Crippen molar-refractivity contribution in [2.24, 2.45) is 0 Å². The number of rotatable bonds is 7. The molecule has 1 aliphatic rings. The summed E-state index contributed by atoms with van der Waals surface area (Å²) in [5.41, 5.74) is 7.41. The van der Waals surface area contributed by atoms with Gasteiger partial charge >= 0.3 is 12.1 Å². The Kier molecular flexibility index (Phi) is 8.50. The Morgan fingerprint density at radius 2 is 1.78 bits per heavy atom. The molecule has 2 aromatic carbocycles. The highest BCUT2D eigenvalue weighted by atomic mass is 19.1. The first-order chi connectivity index (χ1) is 19.4. The number of nitrogens with two attached hydrogens (primary N) is 1. The molecule has 0 bridgehead atoms. The molecule has 1 aliphatic heterocycles. The summed E-state index contributed by atoms with van der Waals surface area (Å²) < 4.78 is 25.5. The second-order valence-electron chi connectivity index (χ2n) is 10.8. The SMILES string of the molecule is COc1ccc(F)cc1C(=O)NCc1ccc(-n2nc(C3CCN(C(=O)OC(C)(C)C)CC3)c(N)c2C(=O)O)cc1. The maximum Gasteiger partial charge on any atom is 0.410 e. The minimum absolute atomic E-state index is 0.0756. The summed E-state index contributed by atoms with van der Waals surface area (Å²) in [6.45, 7) is 6.46. The van der Waals surface area contributed by atoms with Crippen molar-refractivity contribution in [3.8, 4) is 11.4 Å². The van der Waals surface area contributed by atoms with E-state index in [1.54, 1.807) is 29.2 Å². The molecule has 12 heteroatoms. The van der Waals surface area contributed by atoms with Gasteiger partial charge in [-0.3, -0.25) is 4.79 Å². The van der Waals surface area contributed by atoms with Crippen LogP contribution in [0.5, 0.6) is 5.75 Å². The molecule has 11 nitrogen and oxygen atoms in total. The molecular formula is C29H34FN5O6. The first-order valence-corrected chi connectivity index (χ1v) is 13.2. The van der Waals surface area contributed by atoms with E-state index >= 15 is 0 Å². The number of nitrogen functional groups attached to an aromatic ring is 1. The van der Waals surface area contributed by atoms with E-state index in [-0.39, 0.29) is 41.3 Å². The summed E-state index contributed by atoms with van der Waals surface area (Å²) in [5, 5.41) is 17.2. The zero-order valence-electron chi connectivity index (χ0n) is 23.4. The number of methoxy groups -OCH3 is 1. The minimum atomic E-state index is -1.21. The predicted molar refractivity (Wildman–Crippen MR) is 149 cm³/mol. The van der Waals surface area contributed by atoms with E-state index in [0.29, 0.717) is 37.3 Å². The number of carboxylic acid groups (broad SMARTS) is 1. The Morgan fingerprint density at radius 3 is 2.37 bits per heavy atom. The first kappa shape index (κ1) is 29.4. The number of anilines is 1. The Bertz CT molecular complexity index is 1440. The van der Waals surface area contributed by atoms with E-state index in [1.807, 2.05) is 20.8 Å². The molecule has 1 saturated heterocycles. The standard InChI is InChI=1S/C29H34FN5O6/c1-29(2,3)41-28(39)34-13-11-18(12-14-34)24-23(31)25(27(37)38)35(33-24)20-8-5-17(6-9-20)16-32-26(36)21-15-19(30)7-10-22(21)40-4/h5-10,15,18H,11-14,16,31H2,1-4H3,(H,32,36)(H,37,38). The number of carbonyl (C=O) groups excluding carboxylic acids is 2. The number of halogens is 1. The fourth-order valence-corrected chi connectivity index (χ4v) is 4.69. The van der Waals surface area contributed by atoms with E-state index in [2.05, 4.69) is 10.4 Å². The average molecular weight is 568 g/mol. The summed E-state index contributed by atoms with van der Waals surface area (Å²) in [7, 11) is 1.40. The van der Waals surface area contributed by atoms with Crippen LogP contribution in [0.15, 0.2) is 42.5 Å². The van der Waals surface area contributed by atoms with Crippen LogP contribution in [0.2, 0.25) is 0 Å². The second-order valence-corrected chi connectivity index (χ2v) is 10.8. The number of nitrogens with zero attached hydrogens (tertiary/aromatic N) is 3. The van der Waals surface area contributed by atoms with Crippen LogP contribution in [0, 0.1) is 5.82 Å². The third-order valence-corrected chi connectivity index (χ3v) is 6.73. The Balaban J connectivity index is 1.47. The molecule has 0 saturated carbocycles. The van der Waals surface area contributed by atoms with Crippen LogP contribution in [-0.4, -0.2) is 63.6 Å². The van der Waals surface area contributed by atoms with E-state index < -0.39 is 23.3 Å². The van der Waals surface area contributed by atoms with Gasteiger partial charge in [0.25, 0.3) is 5.91 Å². The van der Waals surface area contributed by atoms with Crippen molar-refractivity contribution in [3.05, 3.63) is 70.8 Å². The normalized spacial score (nSPS) is 14.0. The van der Waals surface area contributed by atoms with Crippen molar-refractivity contribution in [2.45, 2.75) is 51.7 Å². The number of ether oxygens (including phenoxy) is 2. The Morgan fingerprint density at radius 1 is 1.12 bits per heavy atom. The van der Waals surface area contributed by atoms with Crippen LogP contribution in [0.25, 0.3) is 5.69 Å².